The molecule has 0 spiro atoms. The average molecular weight is 498 g/mol. The number of hydrogen-bond acceptors (Lipinski definition) is 3. The monoisotopic (exact) mass is 497 g/mol. The van der Waals surface area contributed by atoms with Crippen LogP contribution in [0.2, 0.25) is 0 Å². The smallest absolute Gasteiger partial charge is 0.254 e. The molecular formula is C31H32FN3O2. The van der Waals surface area contributed by atoms with E-state index >= 15 is 4.39 Å². The summed E-state index contributed by atoms with van der Waals surface area (Å²) in [6.45, 7) is 10.2. The van der Waals surface area contributed by atoms with Gasteiger partial charge >= 0.3 is 0 Å². The molecule has 0 N–H and O–H groups in total. The van der Waals surface area contributed by atoms with Gasteiger partial charge in [-0.15, -0.1) is 0 Å². The van der Waals surface area contributed by atoms with E-state index in [1.54, 1.807) is 12.3 Å². The number of ether oxygens (including phenoxy) is 1. The third kappa shape index (κ3) is 3.57. The highest BCUT2D eigenvalue weighted by molar-refractivity contribution is 5.98. The van der Waals surface area contributed by atoms with Crippen LogP contribution in [0.5, 0.6) is 5.75 Å². The topological polar surface area (TPSA) is 47.4 Å². The predicted octanol–water partition coefficient (Wildman–Crippen LogP) is 6.35. The lowest BCUT2D eigenvalue weighted by Gasteiger charge is -2.25. The summed E-state index contributed by atoms with van der Waals surface area (Å²) in [5.74, 6) is 0.162. The van der Waals surface area contributed by atoms with Crippen LogP contribution in [0.15, 0.2) is 30.5 Å². The Morgan fingerprint density at radius 3 is 2.57 bits per heavy atom. The van der Waals surface area contributed by atoms with E-state index in [0.717, 1.165) is 58.0 Å². The van der Waals surface area contributed by atoms with Crippen LogP contribution in [-0.4, -0.2) is 27.2 Å². The second kappa shape index (κ2) is 8.72. The summed E-state index contributed by atoms with van der Waals surface area (Å²) in [4.78, 5) is 15.5. The number of carbonyl (C=O) groups excluding carboxylic acids is 1. The third-order valence-corrected chi connectivity index (χ3v) is 8.44. The Morgan fingerprint density at radius 1 is 1.05 bits per heavy atom. The van der Waals surface area contributed by atoms with Crippen molar-refractivity contribution in [2.75, 3.05) is 6.61 Å². The number of hydrogen-bond donors (Lipinski definition) is 0. The molecule has 37 heavy (non-hydrogen) atoms. The molecule has 0 radical (unpaired) electrons. The highest BCUT2D eigenvalue weighted by Crippen LogP contribution is 2.44. The molecule has 0 unspecified atom stereocenters. The Labute approximate surface area is 216 Å². The first-order valence-corrected chi connectivity index (χ1v) is 13.1. The van der Waals surface area contributed by atoms with E-state index < -0.39 is 0 Å². The predicted molar refractivity (Wildman–Crippen MR) is 144 cm³/mol. The van der Waals surface area contributed by atoms with Gasteiger partial charge in [0.15, 0.2) is 11.6 Å². The van der Waals surface area contributed by atoms with Crippen molar-refractivity contribution in [3.05, 3.63) is 80.8 Å². The molecular weight excluding hydrogens is 465 g/mol. The van der Waals surface area contributed by atoms with Gasteiger partial charge in [-0.3, -0.25) is 9.48 Å². The Hall–Kier alpha value is -3.67. The zero-order valence-electron chi connectivity index (χ0n) is 22.2. The number of aromatic nitrogens is 2. The van der Waals surface area contributed by atoms with Crippen molar-refractivity contribution in [2.45, 2.75) is 60.0 Å². The van der Waals surface area contributed by atoms with E-state index in [1.165, 1.54) is 22.3 Å². The van der Waals surface area contributed by atoms with Crippen LogP contribution in [0, 0.1) is 26.6 Å². The maximum absolute atomic E-state index is 15.2. The molecule has 190 valence electrons. The number of rotatable bonds is 3. The molecule has 0 saturated heterocycles. The number of benzene rings is 3. The summed E-state index contributed by atoms with van der Waals surface area (Å²) in [7, 11) is 1.90. The largest absolute Gasteiger partial charge is 0.490 e. The molecule has 6 rings (SSSR count). The molecule has 2 aliphatic heterocycles. The molecule has 2 aliphatic rings. The van der Waals surface area contributed by atoms with E-state index in [4.69, 9.17) is 4.74 Å². The van der Waals surface area contributed by atoms with Gasteiger partial charge in [-0.25, -0.2) is 4.39 Å². The van der Waals surface area contributed by atoms with Crippen LogP contribution in [0.25, 0.3) is 22.0 Å². The van der Waals surface area contributed by atoms with Gasteiger partial charge in [-0.1, -0.05) is 6.92 Å². The van der Waals surface area contributed by atoms with E-state index in [0.29, 0.717) is 31.0 Å². The molecule has 0 aliphatic carbocycles. The number of halogens is 1. The Bertz CT molecular complexity index is 1600. The van der Waals surface area contributed by atoms with Gasteiger partial charge in [0.05, 0.1) is 18.3 Å². The summed E-state index contributed by atoms with van der Waals surface area (Å²) in [5.41, 5.74) is 11.9. The first-order valence-electron chi connectivity index (χ1n) is 13.1. The maximum Gasteiger partial charge on any atom is 0.254 e. The second-order valence-electron chi connectivity index (χ2n) is 10.4. The minimum Gasteiger partial charge on any atom is -0.490 e. The van der Waals surface area contributed by atoms with Crippen molar-refractivity contribution in [2.24, 2.45) is 7.05 Å². The van der Waals surface area contributed by atoms with Crippen LogP contribution < -0.4 is 4.74 Å². The lowest BCUT2D eigenvalue weighted by atomic mass is 9.82. The molecule has 1 aromatic heterocycles. The zero-order chi connectivity index (χ0) is 26.0. The fraction of sp³-hybridized carbons (Fsp3) is 0.355. The van der Waals surface area contributed by atoms with Crippen molar-refractivity contribution < 1.29 is 13.9 Å². The fourth-order valence-electron chi connectivity index (χ4n) is 6.41. The van der Waals surface area contributed by atoms with E-state index in [2.05, 4.69) is 32.8 Å². The Balaban J connectivity index is 1.43. The Morgan fingerprint density at radius 2 is 1.81 bits per heavy atom. The summed E-state index contributed by atoms with van der Waals surface area (Å²) in [6, 6.07) is 7.43. The molecule has 0 atom stereocenters. The van der Waals surface area contributed by atoms with Gasteiger partial charge in [-0.05, 0) is 109 Å². The van der Waals surface area contributed by atoms with Crippen molar-refractivity contribution >= 4 is 16.8 Å². The molecule has 5 nitrogen and oxygen atoms in total. The zero-order valence-corrected chi connectivity index (χ0v) is 22.2. The van der Waals surface area contributed by atoms with Crippen LogP contribution in [0.4, 0.5) is 4.39 Å². The molecule has 6 heteroatoms. The second-order valence-corrected chi connectivity index (χ2v) is 10.4. The minimum atomic E-state index is -0.280. The van der Waals surface area contributed by atoms with Gasteiger partial charge in [-0.2, -0.15) is 5.10 Å². The first kappa shape index (κ1) is 23.7. The quantitative estimate of drug-likeness (QED) is 0.331. The van der Waals surface area contributed by atoms with Gasteiger partial charge < -0.3 is 9.64 Å². The SMILES string of the molecule is CCc1c(C)c2c(c(C)c1-c1cc(F)c3c(c1C)CCCO3)CN(C(=O)c1ccc3c(cnn3C)c1)C2. The normalized spacial score (nSPS) is 14.6. The first-order chi connectivity index (χ1) is 17.8. The highest BCUT2D eigenvalue weighted by atomic mass is 19.1. The summed E-state index contributed by atoms with van der Waals surface area (Å²) < 4.78 is 22.7. The van der Waals surface area contributed by atoms with Crippen molar-refractivity contribution in [3.8, 4) is 16.9 Å². The average Bonchev–Trinajstić information content (AvgIpc) is 3.52. The van der Waals surface area contributed by atoms with Crippen molar-refractivity contribution in [1.29, 1.82) is 0 Å². The lowest BCUT2D eigenvalue weighted by Crippen LogP contribution is -2.25. The van der Waals surface area contributed by atoms with Crippen molar-refractivity contribution in [3.63, 3.8) is 0 Å². The molecule has 1 amide bonds. The lowest BCUT2D eigenvalue weighted by molar-refractivity contribution is 0.0751. The number of fused-ring (bicyclic) bond motifs is 3. The molecule has 3 heterocycles. The van der Waals surface area contributed by atoms with E-state index in [1.807, 2.05) is 34.8 Å². The molecule has 0 fully saturated rings. The van der Waals surface area contributed by atoms with Crippen LogP contribution in [-0.2, 0) is 33.0 Å². The molecule has 0 bridgehead atoms. The van der Waals surface area contributed by atoms with Gasteiger partial charge in [0.1, 0.15) is 0 Å². The van der Waals surface area contributed by atoms with E-state index in [9.17, 15) is 4.79 Å². The van der Waals surface area contributed by atoms with Gasteiger partial charge in [0.2, 0.25) is 0 Å². The van der Waals surface area contributed by atoms with Crippen LogP contribution in [0.3, 0.4) is 0 Å². The van der Waals surface area contributed by atoms with Gasteiger partial charge in [0.25, 0.3) is 5.91 Å². The summed E-state index contributed by atoms with van der Waals surface area (Å²) in [6.07, 6.45) is 4.38. The van der Waals surface area contributed by atoms with E-state index in [-0.39, 0.29) is 11.7 Å². The standard InChI is InChI=1S/C31H32FN3O2/c1-6-22-17(2)25-15-35(31(36)20-9-10-28-21(12-20)14-33-34(28)5)16-26(25)19(4)29(22)24-13-27(32)30-23(18(24)3)8-7-11-37-30/h9-10,12-14H,6-8,11,15-16H2,1-5H3. The summed E-state index contributed by atoms with van der Waals surface area (Å²) >= 11 is 0. The number of nitrogens with zero attached hydrogens (tertiary/aromatic N) is 3. The third-order valence-electron chi connectivity index (χ3n) is 8.44. The van der Waals surface area contributed by atoms with Gasteiger partial charge in [0, 0.05) is 36.7 Å². The Kier molecular flexibility index (Phi) is 5.59. The fourth-order valence-corrected chi connectivity index (χ4v) is 6.41. The highest BCUT2D eigenvalue weighted by Gasteiger charge is 2.31. The maximum atomic E-state index is 15.2. The number of carbonyl (C=O) groups is 1. The number of aryl methyl sites for hydroxylation is 1. The molecule has 3 aromatic carbocycles. The molecule has 4 aromatic rings. The summed E-state index contributed by atoms with van der Waals surface area (Å²) in [5, 5.41) is 5.26. The van der Waals surface area contributed by atoms with Crippen LogP contribution in [0.1, 0.15) is 62.6 Å². The number of amides is 1. The minimum absolute atomic E-state index is 0.0218. The van der Waals surface area contributed by atoms with Crippen molar-refractivity contribution in [1.82, 2.24) is 14.7 Å². The molecule has 0 saturated carbocycles. The van der Waals surface area contributed by atoms with Crippen LogP contribution >= 0.6 is 0 Å².